The molecule has 0 saturated carbocycles. The lowest BCUT2D eigenvalue weighted by Gasteiger charge is -2.14. The van der Waals surface area contributed by atoms with E-state index in [0.717, 1.165) is 60.5 Å². The summed E-state index contributed by atoms with van der Waals surface area (Å²) < 4.78 is 18.6. The molecule has 0 radical (unpaired) electrons. The fourth-order valence-electron chi connectivity index (χ4n) is 4.66. The van der Waals surface area contributed by atoms with Crippen LogP contribution in [0.1, 0.15) is 40.7 Å². The van der Waals surface area contributed by atoms with Crippen LogP contribution in [-0.4, -0.2) is 12.7 Å². The lowest BCUT2D eigenvalue weighted by Crippen LogP contribution is -2.13. The van der Waals surface area contributed by atoms with E-state index >= 15 is 0 Å². The highest BCUT2D eigenvalue weighted by molar-refractivity contribution is 5.49. The van der Waals surface area contributed by atoms with E-state index in [1.807, 2.05) is 30.3 Å². The summed E-state index contributed by atoms with van der Waals surface area (Å²) in [7, 11) is 0. The molecule has 0 fully saturated rings. The third-order valence-electron chi connectivity index (χ3n) is 6.66. The van der Waals surface area contributed by atoms with E-state index in [1.165, 1.54) is 11.1 Å². The van der Waals surface area contributed by atoms with Crippen LogP contribution in [0.3, 0.4) is 0 Å². The number of aryl methyl sites for hydroxylation is 2. The highest BCUT2D eigenvalue weighted by Crippen LogP contribution is 2.37. The first-order valence-electron chi connectivity index (χ1n) is 12.9. The zero-order valence-electron chi connectivity index (χ0n) is 20.9. The largest absolute Gasteiger partial charge is 0.494 e. The maximum absolute atomic E-state index is 8.96. The van der Waals surface area contributed by atoms with Crippen LogP contribution in [0.15, 0.2) is 97.1 Å². The monoisotopic (exact) mass is 489 g/mol. The maximum atomic E-state index is 8.96. The van der Waals surface area contributed by atoms with Crippen molar-refractivity contribution < 1.29 is 14.2 Å². The second-order valence-electron chi connectivity index (χ2n) is 9.40. The van der Waals surface area contributed by atoms with Gasteiger partial charge in [-0.05, 0) is 78.8 Å². The van der Waals surface area contributed by atoms with Gasteiger partial charge in [0.25, 0.3) is 0 Å². The molecule has 0 aliphatic carbocycles. The van der Waals surface area contributed by atoms with Gasteiger partial charge in [-0.15, -0.1) is 0 Å². The number of nitrogens with zero attached hydrogens (tertiary/aromatic N) is 1. The first-order valence-corrected chi connectivity index (χ1v) is 12.9. The SMILES string of the molecule is N#Cc1ccc(OCCCc2cc3c(cc2OCc2ccccc2)CC(CCc2ccccc2)O3)cc1. The summed E-state index contributed by atoms with van der Waals surface area (Å²) in [5, 5.41) is 8.96. The van der Waals surface area contributed by atoms with E-state index < -0.39 is 0 Å². The van der Waals surface area contributed by atoms with E-state index in [9.17, 15) is 0 Å². The van der Waals surface area contributed by atoms with Gasteiger partial charge >= 0.3 is 0 Å². The Kier molecular flexibility index (Phi) is 8.03. The second kappa shape index (κ2) is 12.1. The summed E-state index contributed by atoms with van der Waals surface area (Å²) in [5.74, 6) is 2.68. The topological polar surface area (TPSA) is 51.5 Å². The van der Waals surface area contributed by atoms with Gasteiger partial charge in [0.15, 0.2) is 0 Å². The minimum Gasteiger partial charge on any atom is -0.494 e. The summed E-state index contributed by atoms with van der Waals surface area (Å²) in [6.45, 7) is 1.12. The van der Waals surface area contributed by atoms with Gasteiger partial charge in [-0.2, -0.15) is 5.26 Å². The normalized spacial score (nSPS) is 13.9. The molecule has 0 amide bonds. The first-order chi connectivity index (χ1) is 18.3. The summed E-state index contributed by atoms with van der Waals surface area (Å²) in [4.78, 5) is 0. The van der Waals surface area contributed by atoms with Gasteiger partial charge in [0.1, 0.15) is 30.0 Å². The van der Waals surface area contributed by atoms with Crippen molar-refractivity contribution in [3.05, 3.63) is 125 Å². The van der Waals surface area contributed by atoms with Crippen LogP contribution >= 0.6 is 0 Å². The van der Waals surface area contributed by atoms with Gasteiger partial charge in [-0.3, -0.25) is 0 Å². The molecule has 186 valence electrons. The van der Waals surface area contributed by atoms with Gasteiger partial charge in [-0.1, -0.05) is 60.7 Å². The zero-order valence-corrected chi connectivity index (χ0v) is 20.9. The fourth-order valence-corrected chi connectivity index (χ4v) is 4.66. The molecular weight excluding hydrogens is 458 g/mol. The smallest absolute Gasteiger partial charge is 0.123 e. The molecule has 0 spiro atoms. The van der Waals surface area contributed by atoms with E-state index in [-0.39, 0.29) is 6.10 Å². The molecule has 0 bridgehead atoms. The molecule has 0 N–H and O–H groups in total. The Morgan fingerprint density at radius 3 is 2.27 bits per heavy atom. The van der Waals surface area contributed by atoms with Crippen LogP contribution in [0.5, 0.6) is 17.2 Å². The lowest BCUT2D eigenvalue weighted by molar-refractivity contribution is 0.221. The molecule has 1 unspecified atom stereocenters. The van der Waals surface area contributed by atoms with Crippen molar-refractivity contribution >= 4 is 0 Å². The molecule has 0 aromatic heterocycles. The number of fused-ring (bicyclic) bond motifs is 1. The van der Waals surface area contributed by atoms with Crippen molar-refractivity contribution in [3.63, 3.8) is 0 Å². The predicted octanol–water partition coefficient (Wildman–Crippen LogP) is 7.09. The summed E-state index contributed by atoms with van der Waals surface area (Å²) in [6, 6.07) is 34.6. The summed E-state index contributed by atoms with van der Waals surface area (Å²) >= 11 is 0. The van der Waals surface area contributed by atoms with Crippen molar-refractivity contribution in [3.8, 4) is 23.3 Å². The predicted molar refractivity (Wildman–Crippen MR) is 145 cm³/mol. The quantitative estimate of drug-likeness (QED) is 0.211. The summed E-state index contributed by atoms with van der Waals surface area (Å²) in [6.07, 6.45) is 4.77. The van der Waals surface area contributed by atoms with Gasteiger partial charge < -0.3 is 14.2 Å². The Morgan fingerprint density at radius 1 is 0.811 bits per heavy atom. The molecule has 4 nitrogen and oxygen atoms in total. The van der Waals surface area contributed by atoms with Crippen molar-refractivity contribution in [2.24, 2.45) is 0 Å². The standard InChI is InChI=1S/C33H31NO3/c34-23-26-14-16-30(17-15-26)35-19-7-12-28-21-33-29(22-32(28)36-24-27-10-5-2-6-11-27)20-31(37-33)18-13-25-8-3-1-4-9-25/h1-6,8-11,14-17,21-22,31H,7,12-13,18-20,24H2. The van der Waals surface area contributed by atoms with Gasteiger partial charge in [-0.25, -0.2) is 0 Å². The Labute approximate surface area is 219 Å². The van der Waals surface area contributed by atoms with Crippen LogP contribution < -0.4 is 14.2 Å². The highest BCUT2D eigenvalue weighted by Gasteiger charge is 2.25. The zero-order chi connectivity index (χ0) is 25.3. The number of hydrogen-bond acceptors (Lipinski definition) is 4. The second-order valence-corrected chi connectivity index (χ2v) is 9.40. The van der Waals surface area contributed by atoms with Crippen molar-refractivity contribution in [1.29, 1.82) is 5.26 Å². The molecule has 37 heavy (non-hydrogen) atoms. The van der Waals surface area contributed by atoms with E-state index in [4.69, 9.17) is 19.5 Å². The van der Waals surface area contributed by atoms with E-state index in [1.54, 1.807) is 12.1 Å². The third kappa shape index (κ3) is 6.71. The Balaban J connectivity index is 1.23. The van der Waals surface area contributed by atoms with Crippen LogP contribution in [-0.2, 0) is 25.9 Å². The van der Waals surface area contributed by atoms with Gasteiger partial charge in [0.2, 0.25) is 0 Å². The van der Waals surface area contributed by atoms with Gasteiger partial charge in [0, 0.05) is 12.0 Å². The number of benzene rings is 4. The summed E-state index contributed by atoms with van der Waals surface area (Å²) in [5.41, 5.74) is 5.49. The Morgan fingerprint density at radius 2 is 1.54 bits per heavy atom. The number of ether oxygens (including phenoxy) is 3. The molecule has 4 aromatic rings. The number of hydrogen-bond donors (Lipinski definition) is 0. The van der Waals surface area contributed by atoms with Crippen LogP contribution in [0.25, 0.3) is 0 Å². The molecule has 4 aromatic carbocycles. The Bertz CT molecular complexity index is 1330. The molecule has 1 atom stereocenters. The van der Waals surface area contributed by atoms with Crippen LogP contribution in [0.4, 0.5) is 0 Å². The first kappa shape index (κ1) is 24.5. The minimum absolute atomic E-state index is 0.187. The number of nitriles is 1. The molecular formula is C33H31NO3. The third-order valence-corrected chi connectivity index (χ3v) is 6.66. The van der Waals surface area contributed by atoms with E-state index in [0.29, 0.717) is 18.8 Å². The maximum Gasteiger partial charge on any atom is 0.123 e. The van der Waals surface area contributed by atoms with Gasteiger partial charge in [0.05, 0.1) is 18.2 Å². The van der Waals surface area contributed by atoms with Crippen molar-refractivity contribution in [2.75, 3.05) is 6.61 Å². The van der Waals surface area contributed by atoms with Crippen molar-refractivity contribution in [1.82, 2.24) is 0 Å². The average Bonchev–Trinajstić information content (AvgIpc) is 3.36. The molecule has 1 aliphatic heterocycles. The molecule has 1 aliphatic rings. The minimum atomic E-state index is 0.187. The van der Waals surface area contributed by atoms with E-state index in [2.05, 4.69) is 60.7 Å². The fraction of sp³-hybridized carbons (Fsp3) is 0.242. The Hall–Kier alpha value is -4.23. The van der Waals surface area contributed by atoms with Crippen LogP contribution in [0.2, 0.25) is 0 Å². The highest BCUT2D eigenvalue weighted by atomic mass is 16.5. The molecule has 4 heteroatoms. The number of rotatable bonds is 11. The average molecular weight is 490 g/mol. The van der Waals surface area contributed by atoms with Crippen molar-refractivity contribution in [2.45, 2.75) is 44.8 Å². The van der Waals surface area contributed by atoms with Crippen LogP contribution in [0, 0.1) is 11.3 Å². The molecule has 0 saturated heterocycles. The molecule has 1 heterocycles. The lowest BCUT2D eigenvalue weighted by atomic mass is 10.0. The molecule has 5 rings (SSSR count).